The minimum atomic E-state index is -4.43. The number of rotatable bonds is 8. The van der Waals surface area contributed by atoms with Crippen molar-refractivity contribution in [3.8, 4) is 0 Å². The van der Waals surface area contributed by atoms with Crippen molar-refractivity contribution in [2.45, 2.75) is 31.0 Å². The Hall–Kier alpha value is -1.92. The highest BCUT2D eigenvalue weighted by Gasteiger charge is 2.53. The van der Waals surface area contributed by atoms with Gasteiger partial charge in [0.1, 0.15) is 30.4 Å². The van der Waals surface area contributed by atoms with Crippen molar-refractivity contribution in [2.75, 3.05) is 18.9 Å². The fraction of sp³-hybridized carbons (Fsp3) is 0.588. The summed E-state index contributed by atoms with van der Waals surface area (Å²) in [6.45, 7) is -0.552. The first-order valence-corrected chi connectivity index (χ1v) is 10.8. The summed E-state index contributed by atoms with van der Waals surface area (Å²) < 4.78 is 28.4. The van der Waals surface area contributed by atoms with Crippen LogP contribution in [-0.2, 0) is 23.1 Å². The average molecular weight is 443 g/mol. The average Bonchev–Trinajstić information content (AvgIpc) is 3.01. The van der Waals surface area contributed by atoms with Crippen LogP contribution in [0.15, 0.2) is 28.7 Å². The van der Waals surface area contributed by atoms with Gasteiger partial charge in [-0.25, -0.2) is 9.36 Å². The quantitative estimate of drug-likeness (QED) is 0.284. The van der Waals surface area contributed by atoms with E-state index in [9.17, 15) is 29.3 Å². The molecule has 1 saturated carbocycles. The van der Waals surface area contributed by atoms with Crippen molar-refractivity contribution in [1.82, 2.24) is 9.55 Å². The molecule has 0 spiro atoms. The summed E-state index contributed by atoms with van der Waals surface area (Å²) in [4.78, 5) is 36.0. The number of nitrogens with zero attached hydrogens (tertiary/aromatic N) is 2. The lowest BCUT2D eigenvalue weighted by molar-refractivity contribution is -0.105. The summed E-state index contributed by atoms with van der Waals surface area (Å²) in [6.07, 6.45) is -0.861. The van der Waals surface area contributed by atoms with Crippen LogP contribution >= 0.6 is 7.82 Å². The zero-order chi connectivity index (χ0) is 21.6. The van der Waals surface area contributed by atoms with Gasteiger partial charge in [-0.15, -0.1) is 0 Å². The van der Waals surface area contributed by atoms with E-state index in [0.717, 1.165) is 16.4 Å². The van der Waals surface area contributed by atoms with E-state index in [1.807, 2.05) is 6.08 Å². The lowest BCUT2D eigenvalue weighted by Crippen LogP contribution is -2.36. The molecule has 164 valence electrons. The van der Waals surface area contributed by atoms with Crippen molar-refractivity contribution in [2.24, 2.45) is 17.8 Å². The molecule has 12 nitrogen and oxygen atoms in total. The molecular formula is C17H22N3O9P. The molecule has 3 aliphatic rings. The van der Waals surface area contributed by atoms with Crippen LogP contribution in [-0.4, -0.2) is 62.5 Å². The van der Waals surface area contributed by atoms with Gasteiger partial charge < -0.3 is 25.6 Å². The van der Waals surface area contributed by atoms with Crippen molar-refractivity contribution in [1.29, 1.82) is 0 Å². The fourth-order valence-corrected chi connectivity index (χ4v) is 4.79. The van der Waals surface area contributed by atoms with Gasteiger partial charge in [0.15, 0.2) is 6.23 Å². The van der Waals surface area contributed by atoms with Crippen LogP contribution in [0.1, 0.15) is 12.6 Å². The van der Waals surface area contributed by atoms with Crippen LogP contribution in [0.5, 0.6) is 0 Å². The lowest BCUT2D eigenvalue weighted by Gasteiger charge is -2.18. The van der Waals surface area contributed by atoms with Gasteiger partial charge in [-0.3, -0.25) is 18.4 Å². The molecule has 13 heteroatoms. The zero-order valence-corrected chi connectivity index (χ0v) is 16.6. The Labute approximate surface area is 170 Å². The highest BCUT2D eigenvalue weighted by Crippen LogP contribution is 2.57. The number of nitrogen functional groups attached to an aromatic ring is 1. The summed E-state index contributed by atoms with van der Waals surface area (Å²) in [5, 5.41) is 20.3. The number of allylic oxidation sites excluding steroid dienone is 2. The number of nitrogens with two attached hydrogens (primary N) is 1. The largest absolute Gasteiger partial charge is 0.472 e. The number of carbonyl (C=O) groups excluding carboxylic acids is 1. The number of aliphatic hydroxyl groups is 2. The molecule has 2 aliphatic carbocycles. The smallest absolute Gasteiger partial charge is 0.387 e. The summed E-state index contributed by atoms with van der Waals surface area (Å²) >= 11 is 0. The maximum absolute atomic E-state index is 12.1. The molecule has 1 aromatic rings. The Kier molecular flexibility index (Phi) is 5.66. The molecule has 30 heavy (non-hydrogen) atoms. The summed E-state index contributed by atoms with van der Waals surface area (Å²) in [7, 11) is -4.43. The number of phosphoric acid groups is 1. The van der Waals surface area contributed by atoms with Gasteiger partial charge in [0.25, 0.3) is 0 Å². The Bertz CT molecular complexity index is 966. The Morgan fingerprint density at radius 2 is 2.07 bits per heavy atom. The van der Waals surface area contributed by atoms with E-state index in [2.05, 4.69) is 4.98 Å². The minimum Gasteiger partial charge on any atom is -0.387 e. The van der Waals surface area contributed by atoms with Gasteiger partial charge in [-0.2, -0.15) is 4.98 Å². The molecular weight excluding hydrogens is 421 g/mol. The fourth-order valence-electron chi connectivity index (χ4n) is 4.02. The molecule has 2 fully saturated rings. The van der Waals surface area contributed by atoms with Crippen LogP contribution in [0.2, 0.25) is 0 Å². The van der Waals surface area contributed by atoms with Gasteiger partial charge in [-0.05, 0) is 35.8 Å². The van der Waals surface area contributed by atoms with Crippen molar-refractivity contribution in [3.05, 3.63) is 34.4 Å². The van der Waals surface area contributed by atoms with E-state index in [1.165, 1.54) is 12.3 Å². The number of anilines is 1. The molecule has 0 radical (unpaired) electrons. The lowest BCUT2D eigenvalue weighted by atomic mass is 10.1. The summed E-state index contributed by atoms with van der Waals surface area (Å²) in [6, 6.07) is 1.32. The van der Waals surface area contributed by atoms with E-state index in [1.54, 1.807) is 0 Å². The Balaban J connectivity index is 1.30. The number of fused-ring (bicyclic) bond motifs is 1. The van der Waals surface area contributed by atoms with Gasteiger partial charge in [0.2, 0.25) is 0 Å². The van der Waals surface area contributed by atoms with Crippen LogP contribution in [0.4, 0.5) is 5.82 Å². The van der Waals surface area contributed by atoms with Crippen LogP contribution in [0.25, 0.3) is 0 Å². The van der Waals surface area contributed by atoms with Gasteiger partial charge >= 0.3 is 13.5 Å². The Morgan fingerprint density at radius 3 is 2.70 bits per heavy atom. The number of aromatic nitrogens is 2. The predicted molar refractivity (Wildman–Crippen MR) is 99.8 cm³/mol. The summed E-state index contributed by atoms with van der Waals surface area (Å²) in [5.41, 5.74) is 5.37. The van der Waals surface area contributed by atoms with E-state index in [4.69, 9.17) is 19.5 Å². The van der Waals surface area contributed by atoms with Crippen molar-refractivity contribution in [3.63, 3.8) is 0 Å². The third kappa shape index (κ3) is 4.12. The van der Waals surface area contributed by atoms with E-state index in [0.29, 0.717) is 6.42 Å². The first kappa shape index (κ1) is 21.3. The number of hydrogen-bond acceptors (Lipinski definition) is 10. The van der Waals surface area contributed by atoms with Gasteiger partial charge in [-0.1, -0.05) is 6.08 Å². The maximum Gasteiger partial charge on any atom is 0.472 e. The first-order chi connectivity index (χ1) is 14.2. The highest BCUT2D eigenvalue weighted by atomic mass is 31.2. The third-order valence-electron chi connectivity index (χ3n) is 5.72. The van der Waals surface area contributed by atoms with E-state index in [-0.39, 0.29) is 30.2 Å². The maximum atomic E-state index is 12.1. The monoisotopic (exact) mass is 443 g/mol. The van der Waals surface area contributed by atoms with Gasteiger partial charge in [0, 0.05) is 6.20 Å². The molecule has 1 aliphatic heterocycles. The van der Waals surface area contributed by atoms with Gasteiger partial charge in [0.05, 0.1) is 13.2 Å². The molecule has 1 aromatic heterocycles. The summed E-state index contributed by atoms with van der Waals surface area (Å²) in [5.74, 6) is 0.461. The normalized spacial score (nSPS) is 36.8. The highest BCUT2D eigenvalue weighted by molar-refractivity contribution is 7.47. The molecule has 5 N–H and O–H groups in total. The number of hydrogen-bond donors (Lipinski definition) is 4. The standard InChI is InChI=1S/C17H22N3O9P/c18-13-1-2-20(17(24)19-13)16-15(23)14(22)12(29-16)7-28-30(25,26)27-6-11-9-3-8(5-21)4-10(9)11/h1-3,5,9-12,14-16,22-23H,4,6-7H2,(H,25,26)(H2,18,19,24)/t9?,10?,11?,12-,14?,15?,16-/m1/s1. The third-order valence-corrected chi connectivity index (χ3v) is 6.67. The van der Waals surface area contributed by atoms with Crippen LogP contribution < -0.4 is 11.4 Å². The molecule has 8 atom stereocenters. The van der Waals surface area contributed by atoms with E-state index < -0.39 is 44.7 Å². The molecule has 0 amide bonds. The number of phosphoric ester groups is 1. The number of aldehydes is 1. The van der Waals surface area contributed by atoms with Crippen LogP contribution in [0, 0.1) is 17.8 Å². The van der Waals surface area contributed by atoms with E-state index >= 15 is 0 Å². The second kappa shape index (κ2) is 7.97. The molecule has 1 saturated heterocycles. The van der Waals surface area contributed by atoms with Crippen molar-refractivity contribution >= 4 is 19.9 Å². The number of ether oxygens (including phenoxy) is 1. The Morgan fingerprint density at radius 1 is 1.33 bits per heavy atom. The molecule has 2 heterocycles. The minimum absolute atomic E-state index is 0.00240. The van der Waals surface area contributed by atoms with Crippen LogP contribution in [0.3, 0.4) is 0 Å². The molecule has 0 bridgehead atoms. The molecule has 6 unspecified atom stereocenters. The predicted octanol–water partition coefficient (Wildman–Crippen LogP) is -1.03. The number of carbonyl (C=O) groups is 1. The molecule has 4 rings (SSSR count). The SMILES string of the molecule is Nc1ccn([C@@H]2O[C@H](COP(=O)(O)OCC3C4C=C(C=O)CC43)C(O)C2O)c(=O)n1. The zero-order valence-electron chi connectivity index (χ0n) is 15.7. The first-order valence-electron chi connectivity index (χ1n) is 9.34. The number of aliphatic hydroxyl groups excluding tert-OH is 2. The topological polar surface area (TPSA) is 183 Å². The second-order valence-electron chi connectivity index (χ2n) is 7.62. The molecule has 0 aromatic carbocycles. The second-order valence-corrected chi connectivity index (χ2v) is 9.07. The van der Waals surface area contributed by atoms with Crippen molar-refractivity contribution < 1.29 is 38.3 Å².